The molecule has 1 amide bonds. The summed E-state index contributed by atoms with van der Waals surface area (Å²) in [5.41, 5.74) is 2.02. The monoisotopic (exact) mass is 258 g/mol. The van der Waals surface area contributed by atoms with Crippen molar-refractivity contribution < 1.29 is 9.21 Å². The van der Waals surface area contributed by atoms with Gasteiger partial charge in [0.1, 0.15) is 5.58 Å². The quantitative estimate of drug-likeness (QED) is 0.913. The second-order valence-corrected chi connectivity index (χ2v) is 4.89. The number of carbonyl (C=O) groups is 1. The van der Waals surface area contributed by atoms with Crippen LogP contribution in [0.4, 0.5) is 0 Å². The molecule has 1 aromatic carbocycles. The number of aryl methyl sites for hydroxylation is 1. The molecule has 4 nitrogen and oxygen atoms in total. The van der Waals surface area contributed by atoms with Crippen molar-refractivity contribution in [1.29, 1.82) is 0 Å². The van der Waals surface area contributed by atoms with Crippen LogP contribution in [0.3, 0.4) is 0 Å². The SMILES string of the molecule is O=C(CCc1coc2ccccc12)N1CCNCC1. The molecule has 0 unspecified atom stereocenters. The minimum Gasteiger partial charge on any atom is -0.464 e. The number of furan rings is 1. The zero-order valence-electron chi connectivity index (χ0n) is 10.9. The third-order valence-corrected chi connectivity index (χ3v) is 3.64. The maximum Gasteiger partial charge on any atom is 0.222 e. The van der Waals surface area contributed by atoms with E-state index in [9.17, 15) is 4.79 Å². The molecule has 1 aliphatic rings. The summed E-state index contributed by atoms with van der Waals surface area (Å²) < 4.78 is 5.49. The molecule has 100 valence electrons. The van der Waals surface area contributed by atoms with Gasteiger partial charge in [-0.1, -0.05) is 18.2 Å². The van der Waals surface area contributed by atoms with E-state index in [0.29, 0.717) is 6.42 Å². The minimum atomic E-state index is 0.242. The average molecular weight is 258 g/mol. The molecule has 4 heteroatoms. The highest BCUT2D eigenvalue weighted by Crippen LogP contribution is 2.22. The molecule has 0 aliphatic carbocycles. The fourth-order valence-electron chi connectivity index (χ4n) is 2.54. The number of benzene rings is 1. The normalized spacial score (nSPS) is 15.9. The number of nitrogens with zero attached hydrogens (tertiary/aromatic N) is 1. The summed E-state index contributed by atoms with van der Waals surface area (Å²) in [6.45, 7) is 3.46. The first-order valence-electron chi connectivity index (χ1n) is 6.78. The first kappa shape index (κ1) is 12.2. The van der Waals surface area contributed by atoms with Crippen LogP contribution in [-0.4, -0.2) is 37.0 Å². The van der Waals surface area contributed by atoms with Crippen LogP contribution < -0.4 is 5.32 Å². The fraction of sp³-hybridized carbons (Fsp3) is 0.400. The fourth-order valence-corrected chi connectivity index (χ4v) is 2.54. The van der Waals surface area contributed by atoms with Crippen molar-refractivity contribution in [2.45, 2.75) is 12.8 Å². The number of rotatable bonds is 3. The van der Waals surface area contributed by atoms with Crippen molar-refractivity contribution in [3.05, 3.63) is 36.1 Å². The predicted molar refractivity (Wildman–Crippen MR) is 74.0 cm³/mol. The molecular weight excluding hydrogens is 240 g/mol. The summed E-state index contributed by atoms with van der Waals surface area (Å²) in [5.74, 6) is 0.242. The van der Waals surface area contributed by atoms with Gasteiger partial charge in [-0.25, -0.2) is 0 Å². The number of nitrogens with one attached hydrogen (secondary N) is 1. The lowest BCUT2D eigenvalue weighted by atomic mass is 10.1. The summed E-state index contributed by atoms with van der Waals surface area (Å²) in [7, 11) is 0. The van der Waals surface area contributed by atoms with Gasteiger partial charge in [-0.05, 0) is 18.1 Å². The second kappa shape index (κ2) is 5.45. The van der Waals surface area contributed by atoms with Crippen LogP contribution in [0, 0.1) is 0 Å². The van der Waals surface area contributed by atoms with Crippen molar-refractivity contribution in [2.75, 3.05) is 26.2 Å². The molecule has 19 heavy (non-hydrogen) atoms. The highest BCUT2D eigenvalue weighted by atomic mass is 16.3. The number of hydrogen-bond acceptors (Lipinski definition) is 3. The van der Waals surface area contributed by atoms with Crippen molar-refractivity contribution in [2.24, 2.45) is 0 Å². The summed E-state index contributed by atoms with van der Waals surface area (Å²) in [5, 5.41) is 4.38. The number of amides is 1. The lowest BCUT2D eigenvalue weighted by Gasteiger charge is -2.27. The molecular formula is C15H18N2O2. The highest BCUT2D eigenvalue weighted by Gasteiger charge is 2.16. The Labute approximate surface area is 112 Å². The van der Waals surface area contributed by atoms with Crippen LogP contribution in [0.1, 0.15) is 12.0 Å². The summed E-state index contributed by atoms with van der Waals surface area (Å²) in [6.07, 6.45) is 3.08. The van der Waals surface area contributed by atoms with Crippen LogP contribution in [0.15, 0.2) is 34.9 Å². The van der Waals surface area contributed by atoms with Gasteiger partial charge in [-0.2, -0.15) is 0 Å². The molecule has 1 aliphatic heterocycles. The van der Waals surface area contributed by atoms with Gasteiger partial charge in [0, 0.05) is 38.0 Å². The number of hydrogen-bond donors (Lipinski definition) is 1. The minimum absolute atomic E-state index is 0.242. The molecule has 0 radical (unpaired) electrons. The van der Waals surface area contributed by atoms with Crippen LogP contribution in [0.25, 0.3) is 11.0 Å². The number of fused-ring (bicyclic) bond motifs is 1. The van der Waals surface area contributed by atoms with E-state index < -0.39 is 0 Å². The standard InChI is InChI=1S/C15H18N2O2/c18-15(17-9-7-16-8-10-17)6-5-12-11-19-14-4-2-1-3-13(12)14/h1-4,11,16H,5-10H2. The van der Waals surface area contributed by atoms with Gasteiger partial charge in [-0.15, -0.1) is 0 Å². The van der Waals surface area contributed by atoms with E-state index in [0.717, 1.165) is 49.1 Å². The van der Waals surface area contributed by atoms with E-state index in [-0.39, 0.29) is 5.91 Å². The molecule has 0 spiro atoms. The maximum absolute atomic E-state index is 12.1. The highest BCUT2D eigenvalue weighted by molar-refractivity contribution is 5.82. The van der Waals surface area contributed by atoms with E-state index in [1.54, 1.807) is 6.26 Å². The number of para-hydroxylation sites is 1. The largest absolute Gasteiger partial charge is 0.464 e. The Morgan fingerprint density at radius 3 is 2.89 bits per heavy atom. The number of carbonyl (C=O) groups excluding carboxylic acids is 1. The Kier molecular flexibility index (Phi) is 3.51. The van der Waals surface area contributed by atoms with E-state index in [1.807, 2.05) is 29.2 Å². The van der Waals surface area contributed by atoms with Crippen molar-refractivity contribution in [3.63, 3.8) is 0 Å². The average Bonchev–Trinajstić information content (AvgIpc) is 2.89. The molecule has 2 heterocycles. The van der Waals surface area contributed by atoms with Gasteiger partial charge in [0.05, 0.1) is 6.26 Å². The predicted octanol–water partition coefficient (Wildman–Crippen LogP) is 1.80. The second-order valence-electron chi connectivity index (χ2n) is 4.89. The van der Waals surface area contributed by atoms with E-state index in [2.05, 4.69) is 5.32 Å². The van der Waals surface area contributed by atoms with Gasteiger partial charge >= 0.3 is 0 Å². The first-order chi connectivity index (χ1) is 9.34. The molecule has 3 rings (SSSR count). The lowest BCUT2D eigenvalue weighted by molar-refractivity contribution is -0.131. The van der Waals surface area contributed by atoms with E-state index in [4.69, 9.17) is 4.42 Å². The van der Waals surface area contributed by atoms with Crippen LogP contribution >= 0.6 is 0 Å². The van der Waals surface area contributed by atoms with Gasteiger partial charge in [0.2, 0.25) is 5.91 Å². The lowest BCUT2D eigenvalue weighted by Crippen LogP contribution is -2.46. The van der Waals surface area contributed by atoms with Gasteiger partial charge < -0.3 is 14.6 Å². The molecule has 1 aromatic heterocycles. The topological polar surface area (TPSA) is 45.5 Å². The van der Waals surface area contributed by atoms with Gasteiger partial charge in [-0.3, -0.25) is 4.79 Å². The van der Waals surface area contributed by atoms with Crippen molar-refractivity contribution >= 4 is 16.9 Å². The van der Waals surface area contributed by atoms with Crippen LogP contribution in [-0.2, 0) is 11.2 Å². The smallest absolute Gasteiger partial charge is 0.222 e. The summed E-state index contributed by atoms with van der Waals surface area (Å²) in [4.78, 5) is 14.0. The molecule has 0 saturated carbocycles. The summed E-state index contributed by atoms with van der Waals surface area (Å²) >= 11 is 0. The zero-order chi connectivity index (χ0) is 13.1. The van der Waals surface area contributed by atoms with Crippen LogP contribution in [0.2, 0.25) is 0 Å². The Bertz CT molecular complexity index is 570. The Balaban J connectivity index is 1.64. The molecule has 0 bridgehead atoms. The Morgan fingerprint density at radius 1 is 1.26 bits per heavy atom. The molecule has 2 aromatic rings. The Morgan fingerprint density at radius 2 is 2.05 bits per heavy atom. The first-order valence-corrected chi connectivity index (χ1v) is 6.78. The van der Waals surface area contributed by atoms with Crippen molar-refractivity contribution in [1.82, 2.24) is 10.2 Å². The Hall–Kier alpha value is -1.81. The van der Waals surface area contributed by atoms with Crippen molar-refractivity contribution in [3.8, 4) is 0 Å². The molecule has 1 N–H and O–H groups in total. The third-order valence-electron chi connectivity index (χ3n) is 3.64. The molecule has 0 atom stereocenters. The third kappa shape index (κ3) is 2.63. The van der Waals surface area contributed by atoms with Crippen LogP contribution in [0.5, 0.6) is 0 Å². The molecule has 1 fully saturated rings. The summed E-state index contributed by atoms with van der Waals surface area (Å²) in [6, 6.07) is 7.96. The van der Waals surface area contributed by atoms with E-state index >= 15 is 0 Å². The number of piperazine rings is 1. The zero-order valence-corrected chi connectivity index (χ0v) is 10.9. The van der Waals surface area contributed by atoms with Gasteiger partial charge in [0.15, 0.2) is 0 Å². The van der Waals surface area contributed by atoms with E-state index in [1.165, 1.54) is 0 Å². The van der Waals surface area contributed by atoms with Gasteiger partial charge in [0.25, 0.3) is 0 Å². The molecule has 1 saturated heterocycles. The maximum atomic E-state index is 12.1.